The molecule has 3 aromatic rings. The third kappa shape index (κ3) is 3.80. The fourth-order valence-corrected chi connectivity index (χ4v) is 3.90. The first-order chi connectivity index (χ1) is 12.8. The second-order valence-electron chi connectivity index (χ2n) is 6.41. The highest BCUT2D eigenvalue weighted by Crippen LogP contribution is 2.22. The number of thiophene rings is 1. The summed E-state index contributed by atoms with van der Waals surface area (Å²) in [7, 11) is 0. The second-order valence-corrected chi connectivity index (χ2v) is 7.40. The van der Waals surface area contributed by atoms with Gasteiger partial charge in [-0.3, -0.25) is 4.79 Å². The molecule has 0 saturated carbocycles. The van der Waals surface area contributed by atoms with Crippen molar-refractivity contribution in [2.45, 2.75) is 25.9 Å². The molecule has 1 aromatic carbocycles. The molecule has 0 unspecified atom stereocenters. The van der Waals surface area contributed by atoms with Gasteiger partial charge in [0.2, 0.25) is 0 Å². The molecule has 0 bridgehead atoms. The number of carbonyl (C=O) groups excluding carboxylic acids is 1. The maximum atomic E-state index is 12.5. The van der Waals surface area contributed by atoms with Gasteiger partial charge >= 0.3 is 0 Å². The van der Waals surface area contributed by atoms with Crippen molar-refractivity contribution in [3.05, 3.63) is 64.9 Å². The van der Waals surface area contributed by atoms with Crippen LogP contribution in [0.5, 0.6) is 5.75 Å². The largest absolute Gasteiger partial charge is 0.488 e. The van der Waals surface area contributed by atoms with E-state index >= 15 is 0 Å². The molecule has 26 heavy (non-hydrogen) atoms. The SMILES string of the molecule is O=C(c1csc(COc2ccc(-n3ccnc3)cc2)c1)N1CCCCC1. The molecule has 0 aliphatic carbocycles. The van der Waals surface area contributed by atoms with Crippen molar-refractivity contribution < 1.29 is 9.53 Å². The quantitative estimate of drug-likeness (QED) is 0.681. The van der Waals surface area contributed by atoms with Crippen molar-refractivity contribution in [2.24, 2.45) is 0 Å². The molecule has 1 saturated heterocycles. The summed E-state index contributed by atoms with van der Waals surface area (Å²) in [6, 6.07) is 9.85. The smallest absolute Gasteiger partial charge is 0.254 e. The van der Waals surface area contributed by atoms with Crippen LogP contribution in [-0.2, 0) is 6.61 Å². The van der Waals surface area contributed by atoms with Crippen molar-refractivity contribution in [3.63, 3.8) is 0 Å². The number of piperidine rings is 1. The van der Waals surface area contributed by atoms with Gasteiger partial charge in [0, 0.05) is 41.4 Å². The molecule has 6 heteroatoms. The van der Waals surface area contributed by atoms with Crippen molar-refractivity contribution >= 4 is 17.2 Å². The van der Waals surface area contributed by atoms with Gasteiger partial charge in [-0.15, -0.1) is 11.3 Å². The Morgan fingerprint density at radius 2 is 1.96 bits per heavy atom. The number of nitrogens with zero attached hydrogens (tertiary/aromatic N) is 3. The number of likely N-dealkylation sites (tertiary alicyclic amines) is 1. The number of hydrogen-bond donors (Lipinski definition) is 0. The molecule has 134 valence electrons. The molecule has 3 heterocycles. The van der Waals surface area contributed by atoms with E-state index < -0.39 is 0 Å². The number of amides is 1. The lowest BCUT2D eigenvalue weighted by Crippen LogP contribution is -2.35. The van der Waals surface area contributed by atoms with Crippen LogP contribution >= 0.6 is 11.3 Å². The molecule has 1 aliphatic heterocycles. The predicted octanol–water partition coefficient (Wildman–Crippen LogP) is 4.14. The molecule has 0 N–H and O–H groups in total. The zero-order chi connectivity index (χ0) is 17.8. The van der Waals surface area contributed by atoms with E-state index in [0.717, 1.165) is 47.8 Å². The van der Waals surface area contributed by atoms with Crippen LogP contribution in [-0.4, -0.2) is 33.4 Å². The molecule has 1 fully saturated rings. The van der Waals surface area contributed by atoms with Crippen LogP contribution in [0.15, 0.2) is 54.4 Å². The van der Waals surface area contributed by atoms with Gasteiger partial charge in [-0.1, -0.05) is 0 Å². The van der Waals surface area contributed by atoms with E-state index in [1.807, 2.05) is 51.4 Å². The van der Waals surface area contributed by atoms with Gasteiger partial charge in [0.15, 0.2) is 0 Å². The first-order valence-electron chi connectivity index (χ1n) is 8.87. The fraction of sp³-hybridized carbons (Fsp3) is 0.300. The summed E-state index contributed by atoms with van der Waals surface area (Å²) < 4.78 is 7.81. The Kier molecular flexibility index (Phi) is 5.02. The lowest BCUT2D eigenvalue weighted by molar-refractivity contribution is 0.0725. The average molecular weight is 367 g/mol. The normalized spacial score (nSPS) is 14.4. The zero-order valence-corrected chi connectivity index (χ0v) is 15.3. The number of benzene rings is 1. The molecule has 0 spiro atoms. The highest BCUT2D eigenvalue weighted by molar-refractivity contribution is 7.10. The van der Waals surface area contributed by atoms with Crippen LogP contribution in [0.25, 0.3) is 5.69 Å². The lowest BCUT2D eigenvalue weighted by Gasteiger charge is -2.26. The Balaban J connectivity index is 1.35. The maximum absolute atomic E-state index is 12.5. The average Bonchev–Trinajstić information content (AvgIpc) is 3.39. The van der Waals surface area contributed by atoms with Gasteiger partial charge in [-0.05, 0) is 49.6 Å². The minimum absolute atomic E-state index is 0.150. The molecule has 0 radical (unpaired) electrons. The maximum Gasteiger partial charge on any atom is 0.254 e. The van der Waals surface area contributed by atoms with E-state index in [1.54, 1.807) is 23.9 Å². The van der Waals surface area contributed by atoms with Gasteiger partial charge in [0.05, 0.1) is 11.9 Å². The Morgan fingerprint density at radius 3 is 2.69 bits per heavy atom. The molecular weight excluding hydrogens is 346 g/mol. The summed E-state index contributed by atoms with van der Waals surface area (Å²) >= 11 is 1.58. The molecule has 1 aliphatic rings. The van der Waals surface area contributed by atoms with Crippen molar-refractivity contribution in [2.75, 3.05) is 13.1 Å². The monoisotopic (exact) mass is 367 g/mol. The summed E-state index contributed by atoms with van der Waals surface area (Å²) in [5, 5.41) is 1.94. The highest BCUT2D eigenvalue weighted by atomic mass is 32.1. The van der Waals surface area contributed by atoms with E-state index in [0.29, 0.717) is 6.61 Å². The topological polar surface area (TPSA) is 47.4 Å². The standard InChI is InChI=1S/C20H21N3O2S/c24-20(22-9-2-1-3-10-22)16-12-19(26-14-16)13-25-18-6-4-17(5-7-18)23-11-8-21-15-23/h4-8,11-12,14-15H,1-3,9-10,13H2. The Labute approximate surface area is 156 Å². The van der Waals surface area contributed by atoms with E-state index in [1.165, 1.54) is 6.42 Å². The number of rotatable bonds is 5. The van der Waals surface area contributed by atoms with Crippen LogP contribution in [0.1, 0.15) is 34.5 Å². The molecule has 2 aromatic heterocycles. The minimum Gasteiger partial charge on any atom is -0.488 e. The Hall–Kier alpha value is -2.60. The van der Waals surface area contributed by atoms with E-state index in [2.05, 4.69) is 4.98 Å². The van der Waals surface area contributed by atoms with Gasteiger partial charge in [0.25, 0.3) is 5.91 Å². The first-order valence-corrected chi connectivity index (χ1v) is 9.75. The number of aromatic nitrogens is 2. The third-order valence-electron chi connectivity index (χ3n) is 4.56. The van der Waals surface area contributed by atoms with E-state index in [4.69, 9.17) is 4.74 Å². The third-order valence-corrected chi connectivity index (χ3v) is 5.47. The van der Waals surface area contributed by atoms with E-state index in [9.17, 15) is 4.79 Å². The van der Waals surface area contributed by atoms with Crippen LogP contribution in [0.3, 0.4) is 0 Å². The molecular formula is C20H21N3O2S. The zero-order valence-electron chi connectivity index (χ0n) is 14.5. The number of ether oxygens (including phenoxy) is 1. The molecule has 0 atom stereocenters. The first kappa shape index (κ1) is 16.8. The number of imidazole rings is 1. The van der Waals surface area contributed by atoms with Crippen LogP contribution in [0.4, 0.5) is 0 Å². The molecule has 5 nitrogen and oxygen atoms in total. The number of carbonyl (C=O) groups is 1. The summed E-state index contributed by atoms with van der Waals surface area (Å²) in [6.07, 6.45) is 8.88. The second kappa shape index (κ2) is 7.74. The van der Waals surface area contributed by atoms with Gasteiger partial charge < -0.3 is 14.2 Å². The van der Waals surface area contributed by atoms with Gasteiger partial charge in [-0.2, -0.15) is 0 Å². The molecule has 4 rings (SSSR count). The minimum atomic E-state index is 0.150. The van der Waals surface area contributed by atoms with Gasteiger partial charge in [-0.25, -0.2) is 4.98 Å². The Bertz CT molecular complexity index is 850. The van der Waals surface area contributed by atoms with Crippen molar-refractivity contribution in [1.29, 1.82) is 0 Å². The lowest BCUT2D eigenvalue weighted by atomic mass is 10.1. The van der Waals surface area contributed by atoms with Crippen molar-refractivity contribution in [3.8, 4) is 11.4 Å². The van der Waals surface area contributed by atoms with E-state index in [-0.39, 0.29) is 5.91 Å². The fourth-order valence-electron chi connectivity index (χ4n) is 3.13. The summed E-state index contributed by atoms with van der Waals surface area (Å²) in [6.45, 7) is 2.23. The Morgan fingerprint density at radius 1 is 1.15 bits per heavy atom. The number of hydrogen-bond acceptors (Lipinski definition) is 4. The van der Waals surface area contributed by atoms with Crippen LogP contribution < -0.4 is 4.74 Å². The van der Waals surface area contributed by atoms with Crippen LogP contribution in [0, 0.1) is 0 Å². The summed E-state index contributed by atoms with van der Waals surface area (Å²) in [5.74, 6) is 0.961. The highest BCUT2D eigenvalue weighted by Gasteiger charge is 2.19. The predicted molar refractivity (Wildman–Crippen MR) is 102 cm³/mol. The molecule has 1 amide bonds. The van der Waals surface area contributed by atoms with Crippen LogP contribution in [0.2, 0.25) is 0 Å². The van der Waals surface area contributed by atoms with Gasteiger partial charge in [0.1, 0.15) is 12.4 Å². The summed E-state index contributed by atoms with van der Waals surface area (Å²) in [5.41, 5.74) is 1.83. The summed E-state index contributed by atoms with van der Waals surface area (Å²) in [4.78, 5) is 19.6. The van der Waals surface area contributed by atoms with Crippen molar-refractivity contribution in [1.82, 2.24) is 14.5 Å².